The van der Waals surface area contributed by atoms with Crippen molar-refractivity contribution in [2.24, 2.45) is 0 Å². The van der Waals surface area contributed by atoms with Gasteiger partial charge in [0.1, 0.15) is 0 Å². The van der Waals surface area contributed by atoms with Gasteiger partial charge in [-0.15, -0.1) is 0 Å². The second kappa shape index (κ2) is 5.47. The molecule has 0 aromatic heterocycles. The number of hydrogen-bond donors (Lipinski definition) is 2. The molecule has 1 amide bonds. The van der Waals surface area contributed by atoms with Gasteiger partial charge in [-0.05, 0) is 31.0 Å². The summed E-state index contributed by atoms with van der Waals surface area (Å²) in [6, 6.07) is 4.69. The van der Waals surface area contributed by atoms with E-state index < -0.39 is 5.60 Å². The van der Waals surface area contributed by atoms with Crippen molar-refractivity contribution in [3.63, 3.8) is 0 Å². The molecule has 5 heteroatoms. The molecule has 1 aliphatic carbocycles. The summed E-state index contributed by atoms with van der Waals surface area (Å²) >= 11 is 11.7. The quantitative estimate of drug-likeness (QED) is 0.898. The minimum absolute atomic E-state index is 0.264. The van der Waals surface area contributed by atoms with Gasteiger partial charge >= 0.3 is 0 Å². The highest BCUT2D eigenvalue weighted by atomic mass is 35.5. The smallest absolute Gasteiger partial charge is 0.251 e. The van der Waals surface area contributed by atoms with Crippen molar-refractivity contribution in [3.8, 4) is 0 Å². The van der Waals surface area contributed by atoms with Crippen LogP contribution in [0.2, 0.25) is 10.0 Å². The van der Waals surface area contributed by atoms with Gasteiger partial charge in [0.15, 0.2) is 0 Å². The number of hydrogen-bond acceptors (Lipinski definition) is 2. The molecule has 0 unspecified atom stereocenters. The van der Waals surface area contributed by atoms with Crippen LogP contribution in [0.25, 0.3) is 0 Å². The number of halogens is 2. The molecule has 18 heavy (non-hydrogen) atoms. The predicted molar refractivity (Wildman–Crippen MR) is 72.2 cm³/mol. The van der Waals surface area contributed by atoms with Gasteiger partial charge in [-0.1, -0.05) is 36.0 Å². The highest BCUT2D eigenvalue weighted by Crippen LogP contribution is 2.28. The highest BCUT2D eigenvalue weighted by molar-refractivity contribution is 6.35. The first-order valence-corrected chi connectivity index (χ1v) is 6.71. The Hall–Kier alpha value is -0.770. The monoisotopic (exact) mass is 287 g/mol. The molecule has 0 bridgehead atoms. The largest absolute Gasteiger partial charge is 0.388 e. The Morgan fingerprint density at radius 1 is 1.22 bits per heavy atom. The lowest BCUT2D eigenvalue weighted by Gasteiger charge is -2.22. The molecule has 2 rings (SSSR count). The van der Waals surface area contributed by atoms with E-state index in [2.05, 4.69) is 5.32 Å². The average molecular weight is 288 g/mol. The van der Waals surface area contributed by atoms with Crippen molar-refractivity contribution >= 4 is 29.1 Å². The molecule has 0 heterocycles. The number of amides is 1. The molecule has 1 saturated carbocycles. The van der Waals surface area contributed by atoms with Crippen LogP contribution in [0, 0.1) is 0 Å². The molecule has 0 spiro atoms. The van der Waals surface area contributed by atoms with Crippen LogP contribution in [-0.2, 0) is 0 Å². The molecule has 1 aliphatic rings. The molecule has 1 aromatic rings. The number of aliphatic hydroxyl groups is 1. The van der Waals surface area contributed by atoms with E-state index in [1.807, 2.05) is 0 Å². The lowest BCUT2D eigenvalue weighted by Crippen LogP contribution is -2.40. The third kappa shape index (κ3) is 3.37. The van der Waals surface area contributed by atoms with E-state index in [1.54, 1.807) is 18.2 Å². The molecule has 0 radical (unpaired) electrons. The van der Waals surface area contributed by atoms with Gasteiger partial charge in [0, 0.05) is 22.2 Å². The highest BCUT2D eigenvalue weighted by Gasteiger charge is 2.31. The van der Waals surface area contributed by atoms with Crippen LogP contribution in [0.4, 0.5) is 0 Å². The molecule has 98 valence electrons. The van der Waals surface area contributed by atoms with Crippen molar-refractivity contribution in [2.45, 2.75) is 31.3 Å². The van der Waals surface area contributed by atoms with Crippen LogP contribution < -0.4 is 5.32 Å². The Kier molecular flexibility index (Phi) is 4.15. The summed E-state index contributed by atoms with van der Waals surface area (Å²) in [6.07, 6.45) is 3.50. The summed E-state index contributed by atoms with van der Waals surface area (Å²) < 4.78 is 0. The van der Waals surface area contributed by atoms with E-state index in [9.17, 15) is 9.90 Å². The first-order valence-electron chi connectivity index (χ1n) is 5.95. The summed E-state index contributed by atoms with van der Waals surface area (Å²) in [5.41, 5.74) is -0.341. The normalized spacial score (nSPS) is 17.7. The molecule has 1 fully saturated rings. The Morgan fingerprint density at radius 3 is 2.33 bits per heavy atom. The number of carbonyl (C=O) groups is 1. The summed E-state index contributed by atoms with van der Waals surface area (Å²) in [7, 11) is 0. The Morgan fingerprint density at radius 2 is 1.78 bits per heavy atom. The van der Waals surface area contributed by atoms with Gasteiger partial charge in [-0.25, -0.2) is 0 Å². The van der Waals surface area contributed by atoms with E-state index in [1.165, 1.54) is 0 Å². The fourth-order valence-corrected chi connectivity index (χ4v) is 2.77. The number of nitrogens with one attached hydrogen (secondary N) is 1. The summed E-state index contributed by atoms with van der Waals surface area (Å²) in [6.45, 7) is 0.274. The van der Waals surface area contributed by atoms with Crippen molar-refractivity contribution in [1.29, 1.82) is 0 Å². The van der Waals surface area contributed by atoms with E-state index in [0.29, 0.717) is 15.6 Å². The Bertz CT molecular complexity index is 436. The van der Waals surface area contributed by atoms with E-state index in [-0.39, 0.29) is 12.5 Å². The fourth-order valence-electron chi connectivity index (χ4n) is 2.24. The van der Waals surface area contributed by atoms with Crippen LogP contribution in [0.15, 0.2) is 18.2 Å². The van der Waals surface area contributed by atoms with Crippen LogP contribution in [0.1, 0.15) is 36.0 Å². The van der Waals surface area contributed by atoms with Gasteiger partial charge in [0.2, 0.25) is 0 Å². The second-order valence-corrected chi connectivity index (χ2v) is 5.65. The molecule has 0 atom stereocenters. The lowest BCUT2D eigenvalue weighted by atomic mass is 10.0. The minimum atomic E-state index is -0.752. The number of rotatable bonds is 3. The van der Waals surface area contributed by atoms with Gasteiger partial charge in [-0.2, -0.15) is 0 Å². The third-order valence-corrected chi connectivity index (χ3v) is 3.67. The van der Waals surface area contributed by atoms with E-state index >= 15 is 0 Å². The summed E-state index contributed by atoms with van der Waals surface area (Å²) in [5, 5.41) is 13.7. The summed E-state index contributed by atoms with van der Waals surface area (Å²) in [4.78, 5) is 11.9. The van der Waals surface area contributed by atoms with Gasteiger partial charge < -0.3 is 10.4 Å². The zero-order valence-corrected chi connectivity index (χ0v) is 11.4. The average Bonchev–Trinajstić information content (AvgIpc) is 2.72. The van der Waals surface area contributed by atoms with Crippen LogP contribution in [0.3, 0.4) is 0 Å². The van der Waals surface area contributed by atoms with Crippen molar-refractivity contribution < 1.29 is 9.90 Å². The topological polar surface area (TPSA) is 49.3 Å². The SMILES string of the molecule is O=C(NCC1(O)CCCC1)c1cc(Cl)cc(Cl)c1. The molecule has 0 aliphatic heterocycles. The first-order chi connectivity index (χ1) is 8.48. The predicted octanol–water partition coefficient (Wildman–Crippen LogP) is 3.03. The zero-order chi connectivity index (χ0) is 13.2. The van der Waals surface area contributed by atoms with Crippen molar-refractivity contribution in [3.05, 3.63) is 33.8 Å². The van der Waals surface area contributed by atoms with E-state index in [4.69, 9.17) is 23.2 Å². The summed E-state index contributed by atoms with van der Waals surface area (Å²) in [5.74, 6) is -0.264. The maximum Gasteiger partial charge on any atom is 0.251 e. The lowest BCUT2D eigenvalue weighted by molar-refractivity contribution is 0.0449. The maximum absolute atomic E-state index is 11.9. The van der Waals surface area contributed by atoms with Gasteiger partial charge in [-0.3, -0.25) is 4.79 Å². The van der Waals surface area contributed by atoms with E-state index in [0.717, 1.165) is 25.7 Å². The van der Waals surface area contributed by atoms with Crippen molar-refractivity contribution in [1.82, 2.24) is 5.32 Å². The van der Waals surface area contributed by atoms with Crippen LogP contribution >= 0.6 is 23.2 Å². The molecular formula is C13H15Cl2NO2. The van der Waals surface area contributed by atoms with Crippen LogP contribution in [-0.4, -0.2) is 23.2 Å². The molecule has 2 N–H and O–H groups in total. The number of carbonyl (C=O) groups excluding carboxylic acids is 1. The first kappa shape index (κ1) is 13.7. The Labute approximate surface area is 116 Å². The fraction of sp³-hybridized carbons (Fsp3) is 0.462. The molecule has 3 nitrogen and oxygen atoms in total. The standard InChI is InChI=1S/C13H15Cl2NO2/c14-10-5-9(6-11(15)7-10)12(17)16-8-13(18)3-1-2-4-13/h5-7,18H,1-4,8H2,(H,16,17). The molecule has 1 aromatic carbocycles. The molecular weight excluding hydrogens is 273 g/mol. The van der Waals surface area contributed by atoms with Gasteiger partial charge in [0.05, 0.1) is 5.60 Å². The Balaban J connectivity index is 1.99. The second-order valence-electron chi connectivity index (χ2n) is 4.77. The zero-order valence-electron chi connectivity index (χ0n) is 9.88. The molecule has 0 saturated heterocycles. The van der Waals surface area contributed by atoms with Gasteiger partial charge in [0.25, 0.3) is 5.91 Å². The van der Waals surface area contributed by atoms with Crippen LogP contribution in [0.5, 0.6) is 0 Å². The number of benzene rings is 1. The maximum atomic E-state index is 11.9. The third-order valence-electron chi connectivity index (χ3n) is 3.24. The minimum Gasteiger partial charge on any atom is -0.388 e. The van der Waals surface area contributed by atoms with Crippen molar-refractivity contribution in [2.75, 3.05) is 6.54 Å².